The van der Waals surface area contributed by atoms with Gasteiger partial charge in [-0.3, -0.25) is 5.73 Å². The van der Waals surface area contributed by atoms with Crippen molar-refractivity contribution in [3.8, 4) is 0 Å². The molecule has 0 bridgehead atoms. The summed E-state index contributed by atoms with van der Waals surface area (Å²) < 4.78 is 12.6. The van der Waals surface area contributed by atoms with E-state index in [4.69, 9.17) is 5.73 Å². The molecule has 0 spiro atoms. The number of hydrogen-bond donors (Lipinski definition) is 1. The molecule has 9 heavy (non-hydrogen) atoms. The van der Waals surface area contributed by atoms with E-state index in [2.05, 4.69) is 0 Å². The molecule has 0 radical (unpaired) electrons. The number of nitrogens with two attached hydrogens (primary N) is 1. The van der Waals surface area contributed by atoms with Crippen LogP contribution in [0, 0.1) is 0 Å². The van der Waals surface area contributed by atoms with Gasteiger partial charge in [0.1, 0.15) is 0 Å². The van der Waals surface area contributed by atoms with Crippen molar-refractivity contribution in [1.82, 2.24) is 0 Å². The SMILES string of the molecule is Cl.NC1(F)CCCCC1. The topological polar surface area (TPSA) is 26.0 Å². The first-order chi connectivity index (χ1) is 3.71. The molecule has 56 valence electrons. The highest BCUT2D eigenvalue weighted by atomic mass is 35.5. The van der Waals surface area contributed by atoms with E-state index >= 15 is 0 Å². The van der Waals surface area contributed by atoms with Gasteiger partial charge in [-0.15, -0.1) is 12.4 Å². The summed E-state index contributed by atoms with van der Waals surface area (Å²) in [6.07, 6.45) is 4.21. The molecule has 0 aliphatic heterocycles. The Morgan fingerprint density at radius 1 is 1.11 bits per heavy atom. The second-order valence-corrected chi connectivity index (χ2v) is 2.60. The summed E-state index contributed by atoms with van der Waals surface area (Å²) in [5.74, 6) is -1.32. The summed E-state index contributed by atoms with van der Waals surface area (Å²) in [5, 5.41) is 0. The Kier molecular flexibility index (Phi) is 3.44. The molecule has 1 rings (SSSR count). The molecule has 0 saturated heterocycles. The summed E-state index contributed by atoms with van der Waals surface area (Å²) in [6.45, 7) is 0. The van der Waals surface area contributed by atoms with Crippen molar-refractivity contribution in [2.75, 3.05) is 0 Å². The molecule has 1 saturated carbocycles. The standard InChI is InChI=1S/C6H12FN.ClH/c7-6(8)4-2-1-3-5-6;/h1-5,8H2;1H. The van der Waals surface area contributed by atoms with Gasteiger partial charge in [0.05, 0.1) is 0 Å². The predicted molar refractivity (Wildman–Crippen MR) is 38.4 cm³/mol. The van der Waals surface area contributed by atoms with E-state index in [0.29, 0.717) is 12.8 Å². The van der Waals surface area contributed by atoms with Crippen LogP contribution in [0.25, 0.3) is 0 Å². The minimum Gasteiger partial charge on any atom is -0.299 e. The van der Waals surface area contributed by atoms with Crippen molar-refractivity contribution in [3.05, 3.63) is 0 Å². The molecular formula is C6H13ClFN. The Morgan fingerprint density at radius 2 is 1.56 bits per heavy atom. The molecule has 0 amide bonds. The van der Waals surface area contributed by atoms with Gasteiger partial charge < -0.3 is 0 Å². The minimum atomic E-state index is -1.32. The number of alkyl halides is 1. The molecular weight excluding hydrogens is 141 g/mol. The van der Waals surface area contributed by atoms with Crippen LogP contribution in [0.1, 0.15) is 32.1 Å². The molecule has 0 aromatic heterocycles. The maximum Gasteiger partial charge on any atom is 0.159 e. The van der Waals surface area contributed by atoms with E-state index < -0.39 is 5.79 Å². The van der Waals surface area contributed by atoms with Crippen LogP contribution in [0.15, 0.2) is 0 Å². The van der Waals surface area contributed by atoms with Crippen LogP contribution in [-0.2, 0) is 0 Å². The zero-order valence-electron chi connectivity index (χ0n) is 5.40. The van der Waals surface area contributed by atoms with E-state index in [0.717, 1.165) is 19.3 Å². The van der Waals surface area contributed by atoms with Gasteiger partial charge in [-0.2, -0.15) is 0 Å². The first-order valence-electron chi connectivity index (χ1n) is 3.18. The zero-order valence-corrected chi connectivity index (χ0v) is 6.22. The van der Waals surface area contributed by atoms with Gasteiger partial charge in [-0.1, -0.05) is 6.42 Å². The lowest BCUT2D eigenvalue weighted by Gasteiger charge is -2.24. The normalized spacial score (nSPS) is 24.7. The molecule has 0 unspecified atom stereocenters. The van der Waals surface area contributed by atoms with Gasteiger partial charge >= 0.3 is 0 Å². The Hall–Kier alpha value is 0.180. The Balaban J connectivity index is 0.000000640. The monoisotopic (exact) mass is 153 g/mol. The average molecular weight is 154 g/mol. The van der Waals surface area contributed by atoms with Gasteiger partial charge in [0.25, 0.3) is 0 Å². The van der Waals surface area contributed by atoms with Crippen LogP contribution in [0.4, 0.5) is 4.39 Å². The first-order valence-corrected chi connectivity index (χ1v) is 3.18. The van der Waals surface area contributed by atoms with Gasteiger partial charge in [-0.25, -0.2) is 4.39 Å². The summed E-state index contributed by atoms with van der Waals surface area (Å²) >= 11 is 0. The van der Waals surface area contributed by atoms with Gasteiger partial charge in [0.2, 0.25) is 0 Å². The van der Waals surface area contributed by atoms with Crippen molar-refractivity contribution >= 4 is 12.4 Å². The van der Waals surface area contributed by atoms with Crippen molar-refractivity contribution in [1.29, 1.82) is 0 Å². The van der Waals surface area contributed by atoms with E-state index in [1.807, 2.05) is 0 Å². The fraction of sp³-hybridized carbons (Fsp3) is 1.00. The smallest absolute Gasteiger partial charge is 0.159 e. The van der Waals surface area contributed by atoms with Crippen LogP contribution in [0.2, 0.25) is 0 Å². The van der Waals surface area contributed by atoms with Crippen molar-refractivity contribution < 1.29 is 4.39 Å². The minimum absolute atomic E-state index is 0. The maximum absolute atomic E-state index is 12.6. The largest absolute Gasteiger partial charge is 0.299 e. The van der Waals surface area contributed by atoms with Crippen molar-refractivity contribution in [3.63, 3.8) is 0 Å². The number of rotatable bonds is 0. The van der Waals surface area contributed by atoms with Crippen LogP contribution in [0.3, 0.4) is 0 Å². The fourth-order valence-electron chi connectivity index (χ4n) is 1.14. The zero-order chi connectivity index (χ0) is 6.04. The maximum atomic E-state index is 12.6. The molecule has 1 fully saturated rings. The molecule has 1 aliphatic rings. The third-order valence-corrected chi connectivity index (χ3v) is 1.68. The summed E-state index contributed by atoms with van der Waals surface area (Å²) in [7, 11) is 0. The molecule has 1 nitrogen and oxygen atoms in total. The molecule has 1 aliphatic carbocycles. The van der Waals surface area contributed by atoms with Crippen LogP contribution in [-0.4, -0.2) is 5.79 Å². The number of halogens is 2. The fourth-order valence-corrected chi connectivity index (χ4v) is 1.14. The quantitative estimate of drug-likeness (QED) is 0.530. The molecule has 3 heteroatoms. The summed E-state index contributed by atoms with van der Waals surface area (Å²) in [6, 6.07) is 0. The first kappa shape index (κ1) is 9.18. The number of hydrogen-bond acceptors (Lipinski definition) is 1. The third kappa shape index (κ3) is 3.01. The van der Waals surface area contributed by atoms with E-state index in [-0.39, 0.29) is 12.4 Å². The van der Waals surface area contributed by atoms with Gasteiger partial charge in [0.15, 0.2) is 5.79 Å². The second-order valence-electron chi connectivity index (χ2n) is 2.60. The van der Waals surface area contributed by atoms with E-state index in [1.54, 1.807) is 0 Å². The molecule has 0 atom stereocenters. The van der Waals surface area contributed by atoms with Gasteiger partial charge in [-0.05, 0) is 25.7 Å². The van der Waals surface area contributed by atoms with E-state index in [9.17, 15) is 4.39 Å². The van der Waals surface area contributed by atoms with Gasteiger partial charge in [0, 0.05) is 0 Å². The van der Waals surface area contributed by atoms with E-state index in [1.165, 1.54) is 0 Å². The highest BCUT2D eigenvalue weighted by Gasteiger charge is 2.25. The lowest BCUT2D eigenvalue weighted by Crippen LogP contribution is -2.36. The summed E-state index contributed by atoms with van der Waals surface area (Å²) in [5.41, 5.74) is 5.21. The Labute approximate surface area is 61.2 Å². The lowest BCUT2D eigenvalue weighted by molar-refractivity contribution is 0.115. The average Bonchev–Trinajstić information content (AvgIpc) is 1.65. The van der Waals surface area contributed by atoms with Crippen LogP contribution >= 0.6 is 12.4 Å². The summed E-state index contributed by atoms with van der Waals surface area (Å²) in [4.78, 5) is 0. The van der Waals surface area contributed by atoms with Crippen LogP contribution < -0.4 is 5.73 Å². The molecule has 2 N–H and O–H groups in total. The Bertz CT molecular complexity index is 77.1. The lowest BCUT2D eigenvalue weighted by atomic mass is 9.94. The van der Waals surface area contributed by atoms with Crippen molar-refractivity contribution in [2.45, 2.75) is 37.9 Å². The predicted octanol–water partition coefficient (Wildman–Crippen LogP) is 2.00. The third-order valence-electron chi connectivity index (χ3n) is 1.68. The molecule has 0 heterocycles. The highest BCUT2D eigenvalue weighted by Crippen LogP contribution is 2.26. The molecule has 0 aromatic carbocycles. The van der Waals surface area contributed by atoms with Crippen LogP contribution in [0.5, 0.6) is 0 Å². The van der Waals surface area contributed by atoms with Crippen molar-refractivity contribution in [2.24, 2.45) is 5.73 Å². The Morgan fingerprint density at radius 3 is 1.78 bits per heavy atom. The molecule has 0 aromatic rings. The second kappa shape index (κ2) is 3.37. The highest BCUT2D eigenvalue weighted by molar-refractivity contribution is 5.85.